The number of nitrogens with zero attached hydrogens (tertiary/aromatic N) is 2. The van der Waals surface area contributed by atoms with Crippen LogP contribution in [-0.4, -0.2) is 27.5 Å². The van der Waals surface area contributed by atoms with Gasteiger partial charge in [-0.1, -0.05) is 12.8 Å². The smallest absolute Gasteiger partial charge is 0.0973 e. The van der Waals surface area contributed by atoms with E-state index in [2.05, 4.69) is 10.4 Å². The van der Waals surface area contributed by atoms with Gasteiger partial charge in [-0.05, 0) is 19.4 Å². The van der Waals surface area contributed by atoms with Gasteiger partial charge in [-0.3, -0.25) is 4.68 Å². The Morgan fingerprint density at radius 2 is 2.40 bits per heavy atom. The van der Waals surface area contributed by atoms with Gasteiger partial charge < -0.3 is 10.4 Å². The maximum Gasteiger partial charge on any atom is 0.0973 e. The van der Waals surface area contributed by atoms with E-state index < -0.39 is 6.10 Å². The van der Waals surface area contributed by atoms with Gasteiger partial charge >= 0.3 is 0 Å². The maximum absolute atomic E-state index is 10.2. The Balaban J connectivity index is 2.02. The van der Waals surface area contributed by atoms with E-state index in [1.165, 1.54) is 19.3 Å². The van der Waals surface area contributed by atoms with Crippen LogP contribution in [0.3, 0.4) is 0 Å². The van der Waals surface area contributed by atoms with Crippen LogP contribution >= 0.6 is 0 Å². The number of nitrogens with one attached hydrogen (secondary N) is 1. The molecular formula is C11H19N3O. The second-order valence-corrected chi connectivity index (χ2v) is 4.30. The zero-order valence-electron chi connectivity index (χ0n) is 9.19. The Kier molecular flexibility index (Phi) is 3.38. The number of aryl methyl sites for hydroxylation is 1. The first-order chi connectivity index (χ1) is 7.27. The second-order valence-electron chi connectivity index (χ2n) is 4.30. The van der Waals surface area contributed by atoms with E-state index in [0.717, 1.165) is 18.5 Å². The molecule has 15 heavy (non-hydrogen) atoms. The first-order valence-electron chi connectivity index (χ1n) is 5.67. The highest BCUT2D eigenvalue weighted by molar-refractivity contribution is 5.10. The highest BCUT2D eigenvalue weighted by Gasteiger charge is 2.22. The molecule has 1 fully saturated rings. The molecule has 2 N–H and O–H groups in total. The molecule has 2 unspecified atom stereocenters. The minimum atomic E-state index is -0.420. The zero-order valence-corrected chi connectivity index (χ0v) is 9.19. The molecule has 1 saturated heterocycles. The van der Waals surface area contributed by atoms with Crippen LogP contribution in [0.5, 0.6) is 0 Å². The fourth-order valence-corrected chi connectivity index (χ4v) is 2.15. The van der Waals surface area contributed by atoms with Crippen LogP contribution in [0.25, 0.3) is 0 Å². The summed E-state index contributed by atoms with van der Waals surface area (Å²) in [6.45, 7) is 1.02. The Hall–Kier alpha value is -0.870. The quantitative estimate of drug-likeness (QED) is 0.763. The van der Waals surface area contributed by atoms with Crippen LogP contribution in [0, 0.1) is 0 Å². The van der Waals surface area contributed by atoms with E-state index >= 15 is 0 Å². The zero-order chi connectivity index (χ0) is 10.7. The first-order valence-corrected chi connectivity index (χ1v) is 5.67. The molecule has 1 aromatic rings. The Morgan fingerprint density at radius 1 is 1.53 bits per heavy atom. The molecule has 2 heterocycles. The highest BCUT2D eigenvalue weighted by Crippen LogP contribution is 2.21. The lowest BCUT2D eigenvalue weighted by Crippen LogP contribution is -2.34. The minimum Gasteiger partial charge on any atom is -0.387 e. The summed E-state index contributed by atoms with van der Waals surface area (Å²) in [6.07, 6.45) is 7.95. The Bertz CT molecular complexity index is 303. The summed E-state index contributed by atoms with van der Waals surface area (Å²) in [5.41, 5.74) is 0.914. The minimum absolute atomic E-state index is 0.191. The van der Waals surface area contributed by atoms with Gasteiger partial charge in [0.1, 0.15) is 0 Å². The summed E-state index contributed by atoms with van der Waals surface area (Å²) < 4.78 is 1.73. The van der Waals surface area contributed by atoms with Crippen LogP contribution in [0.15, 0.2) is 12.4 Å². The van der Waals surface area contributed by atoms with Gasteiger partial charge in [0.25, 0.3) is 0 Å². The van der Waals surface area contributed by atoms with Crippen LogP contribution in [0.4, 0.5) is 0 Å². The molecule has 1 aliphatic rings. The fraction of sp³-hybridized carbons (Fsp3) is 0.727. The van der Waals surface area contributed by atoms with Gasteiger partial charge in [-0.15, -0.1) is 0 Å². The third-order valence-electron chi connectivity index (χ3n) is 3.05. The maximum atomic E-state index is 10.2. The molecule has 2 atom stereocenters. The predicted octanol–water partition coefficient (Wildman–Crippen LogP) is 0.986. The number of rotatable bonds is 2. The van der Waals surface area contributed by atoms with Crippen molar-refractivity contribution in [1.29, 1.82) is 0 Å². The lowest BCUT2D eigenvalue weighted by atomic mass is 10.0. The van der Waals surface area contributed by atoms with E-state index in [4.69, 9.17) is 0 Å². The summed E-state index contributed by atoms with van der Waals surface area (Å²) in [6, 6.07) is 0.191. The normalized spacial score (nSPS) is 24.8. The number of aliphatic hydroxyl groups is 1. The molecule has 0 radical (unpaired) electrons. The van der Waals surface area contributed by atoms with Crippen molar-refractivity contribution < 1.29 is 5.11 Å². The third kappa shape index (κ3) is 2.58. The van der Waals surface area contributed by atoms with Gasteiger partial charge in [0.2, 0.25) is 0 Å². The van der Waals surface area contributed by atoms with Crippen molar-refractivity contribution in [2.24, 2.45) is 7.05 Å². The molecular weight excluding hydrogens is 190 g/mol. The topological polar surface area (TPSA) is 50.1 Å². The third-order valence-corrected chi connectivity index (χ3v) is 3.05. The standard InChI is InChI=1S/C11H19N3O/c1-14-8-9(7-13-14)11(15)10-5-3-2-4-6-12-10/h7-8,10-12,15H,2-6H2,1H3. The fourth-order valence-electron chi connectivity index (χ4n) is 2.15. The highest BCUT2D eigenvalue weighted by atomic mass is 16.3. The van der Waals surface area contributed by atoms with Crippen molar-refractivity contribution in [2.75, 3.05) is 6.54 Å². The summed E-state index contributed by atoms with van der Waals surface area (Å²) in [4.78, 5) is 0. The average Bonchev–Trinajstić information content (AvgIpc) is 2.53. The Labute approximate surface area is 90.3 Å². The van der Waals surface area contributed by atoms with E-state index in [1.807, 2.05) is 13.2 Å². The molecule has 0 bridgehead atoms. The van der Waals surface area contributed by atoms with Gasteiger partial charge in [-0.2, -0.15) is 5.10 Å². The molecule has 84 valence electrons. The van der Waals surface area contributed by atoms with Gasteiger partial charge in [0, 0.05) is 24.8 Å². The van der Waals surface area contributed by atoms with Gasteiger partial charge in [0.05, 0.1) is 12.3 Å². The van der Waals surface area contributed by atoms with Crippen LogP contribution in [0.1, 0.15) is 37.4 Å². The van der Waals surface area contributed by atoms with Crippen molar-refractivity contribution in [3.8, 4) is 0 Å². The molecule has 1 aliphatic heterocycles. The SMILES string of the molecule is Cn1cc(C(O)C2CCCCCN2)cn1. The first kappa shape index (κ1) is 10.6. The molecule has 0 aromatic carbocycles. The lowest BCUT2D eigenvalue weighted by Gasteiger charge is -2.21. The van der Waals surface area contributed by atoms with Crippen LogP contribution in [0.2, 0.25) is 0 Å². The van der Waals surface area contributed by atoms with E-state index in [-0.39, 0.29) is 6.04 Å². The number of hydrogen-bond acceptors (Lipinski definition) is 3. The summed E-state index contributed by atoms with van der Waals surface area (Å²) >= 11 is 0. The monoisotopic (exact) mass is 209 g/mol. The molecule has 0 amide bonds. The van der Waals surface area contributed by atoms with Crippen molar-refractivity contribution >= 4 is 0 Å². The molecule has 4 nitrogen and oxygen atoms in total. The summed E-state index contributed by atoms with van der Waals surface area (Å²) in [7, 11) is 1.87. The second kappa shape index (κ2) is 4.77. The molecule has 0 spiro atoms. The predicted molar refractivity (Wildman–Crippen MR) is 58.4 cm³/mol. The van der Waals surface area contributed by atoms with E-state index in [1.54, 1.807) is 10.9 Å². The van der Waals surface area contributed by atoms with E-state index in [0.29, 0.717) is 0 Å². The van der Waals surface area contributed by atoms with Crippen LogP contribution in [-0.2, 0) is 7.05 Å². The van der Waals surface area contributed by atoms with Crippen molar-refractivity contribution in [3.63, 3.8) is 0 Å². The van der Waals surface area contributed by atoms with Crippen molar-refractivity contribution in [2.45, 2.75) is 37.8 Å². The summed E-state index contributed by atoms with van der Waals surface area (Å²) in [5, 5.41) is 17.7. The number of aliphatic hydroxyl groups excluding tert-OH is 1. The Morgan fingerprint density at radius 3 is 3.13 bits per heavy atom. The van der Waals surface area contributed by atoms with Crippen molar-refractivity contribution in [1.82, 2.24) is 15.1 Å². The van der Waals surface area contributed by atoms with Crippen LogP contribution < -0.4 is 5.32 Å². The molecule has 2 rings (SSSR count). The lowest BCUT2D eigenvalue weighted by molar-refractivity contribution is 0.126. The average molecular weight is 209 g/mol. The van der Waals surface area contributed by atoms with Gasteiger partial charge in [0.15, 0.2) is 0 Å². The van der Waals surface area contributed by atoms with Crippen molar-refractivity contribution in [3.05, 3.63) is 18.0 Å². The molecule has 0 saturated carbocycles. The molecule has 0 aliphatic carbocycles. The van der Waals surface area contributed by atoms with E-state index in [9.17, 15) is 5.11 Å². The number of hydrogen-bond donors (Lipinski definition) is 2. The number of aromatic nitrogens is 2. The van der Waals surface area contributed by atoms with Gasteiger partial charge in [-0.25, -0.2) is 0 Å². The largest absolute Gasteiger partial charge is 0.387 e. The molecule has 4 heteroatoms. The summed E-state index contributed by atoms with van der Waals surface area (Å²) in [5.74, 6) is 0. The molecule has 1 aromatic heterocycles.